The molecule has 0 aliphatic rings. The Balaban J connectivity index is 1.91. The minimum Gasteiger partial charge on any atom is -0.493 e. The van der Waals surface area contributed by atoms with Crippen LogP contribution in [0.3, 0.4) is 0 Å². The molecule has 0 saturated carbocycles. The molecule has 0 unspecified atom stereocenters. The highest BCUT2D eigenvalue weighted by Crippen LogP contribution is 2.30. The highest BCUT2D eigenvalue weighted by Gasteiger charge is 2.10. The second kappa shape index (κ2) is 8.94. The largest absolute Gasteiger partial charge is 0.493 e. The first-order valence-corrected chi connectivity index (χ1v) is 7.90. The maximum absolute atomic E-state index is 10.7. The molecule has 0 aliphatic heterocycles. The minimum absolute atomic E-state index is 0.0852. The molecule has 0 spiro atoms. The third-order valence-electron chi connectivity index (χ3n) is 3.33. The van der Waals surface area contributed by atoms with Crippen molar-refractivity contribution in [2.45, 2.75) is 6.42 Å². The molecule has 0 saturated heterocycles. The monoisotopic (exact) mass is 363 g/mol. The lowest BCUT2D eigenvalue weighted by atomic mass is 10.1. The summed E-state index contributed by atoms with van der Waals surface area (Å²) in [6.45, 7) is 4.21. The van der Waals surface area contributed by atoms with Crippen molar-refractivity contribution in [1.82, 2.24) is 0 Å². The van der Waals surface area contributed by atoms with E-state index in [2.05, 4.69) is 6.58 Å². The van der Waals surface area contributed by atoms with E-state index in [1.807, 2.05) is 24.3 Å². The van der Waals surface area contributed by atoms with Gasteiger partial charge in [-0.2, -0.15) is 0 Å². The van der Waals surface area contributed by atoms with E-state index in [0.29, 0.717) is 17.2 Å². The van der Waals surface area contributed by atoms with Gasteiger partial charge in [0.2, 0.25) is 0 Å². The molecule has 132 valence electrons. The number of benzene rings is 2. The zero-order chi connectivity index (χ0) is 18.2. The first-order chi connectivity index (χ1) is 12.0. The van der Waals surface area contributed by atoms with Gasteiger partial charge in [0.05, 0.1) is 17.1 Å². The maximum atomic E-state index is 10.7. The fraction of sp³-hybridized carbons (Fsp3) is 0.222. The van der Waals surface area contributed by atoms with Crippen LogP contribution >= 0.6 is 11.6 Å². The van der Waals surface area contributed by atoms with E-state index in [4.69, 9.17) is 25.8 Å². The van der Waals surface area contributed by atoms with Crippen molar-refractivity contribution in [1.29, 1.82) is 0 Å². The zero-order valence-corrected chi connectivity index (χ0v) is 14.5. The number of ether oxygens (including phenoxy) is 3. The normalized spacial score (nSPS) is 10.2. The summed E-state index contributed by atoms with van der Waals surface area (Å²) in [7, 11) is 1.58. The lowest BCUT2D eigenvalue weighted by Crippen LogP contribution is -2.10. The second-order valence-electron chi connectivity index (χ2n) is 5.05. The van der Waals surface area contributed by atoms with E-state index in [-0.39, 0.29) is 23.9 Å². The fourth-order valence-corrected chi connectivity index (χ4v) is 2.38. The molecule has 0 bridgehead atoms. The van der Waals surface area contributed by atoms with Crippen LogP contribution in [-0.2, 0) is 6.42 Å². The standard InChI is InChI=1S/C18H18ClNO5/c1-3-4-13-5-7-17(18(11-13)23-2)25-10-9-24-16-8-6-14(20(21)22)12-15(16)19/h3,5-8,11-12H,1,4,9-10H2,2H3. The Labute approximate surface area is 150 Å². The molecular formula is C18H18ClNO5. The number of halogens is 1. The molecule has 0 aliphatic carbocycles. The highest BCUT2D eigenvalue weighted by atomic mass is 35.5. The first-order valence-electron chi connectivity index (χ1n) is 7.52. The molecule has 0 N–H and O–H groups in total. The van der Waals surface area contributed by atoms with Crippen LogP contribution in [-0.4, -0.2) is 25.2 Å². The van der Waals surface area contributed by atoms with Gasteiger partial charge in [-0.1, -0.05) is 23.7 Å². The molecule has 0 heterocycles. The molecule has 7 heteroatoms. The van der Waals surface area contributed by atoms with Crippen LogP contribution in [0, 0.1) is 10.1 Å². The van der Waals surface area contributed by atoms with E-state index in [1.165, 1.54) is 18.2 Å². The summed E-state index contributed by atoms with van der Waals surface area (Å²) in [5, 5.41) is 10.9. The topological polar surface area (TPSA) is 70.8 Å². The number of rotatable bonds is 9. The lowest BCUT2D eigenvalue weighted by molar-refractivity contribution is -0.384. The molecular weight excluding hydrogens is 346 g/mol. The van der Waals surface area contributed by atoms with Gasteiger partial charge in [-0.15, -0.1) is 6.58 Å². The average molecular weight is 364 g/mol. The maximum Gasteiger partial charge on any atom is 0.271 e. The highest BCUT2D eigenvalue weighted by molar-refractivity contribution is 6.32. The van der Waals surface area contributed by atoms with Crippen molar-refractivity contribution < 1.29 is 19.1 Å². The SMILES string of the molecule is C=CCc1ccc(OCCOc2ccc([N+](=O)[O-])cc2Cl)c(OC)c1. The van der Waals surface area contributed by atoms with Gasteiger partial charge in [-0.3, -0.25) is 10.1 Å². The van der Waals surface area contributed by atoms with Gasteiger partial charge in [0.1, 0.15) is 19.0 Å². The summed E-state index contributed by atoms with van der Waals surface area (Å²) < 4.78 is 16.5. The molecule has 25 heavy (non-hydrogen) atoms. The molecule has 6 nitrogen and oxygen atoms in total. The van der Waals surface area contributed by atoms with Crippen molar-refractivity contribution in [2.24, 2.45) is 0 Å². The Morgan fingerprint density at radius 1 is 1.12 bits per heavy atom. The van der Waals surface area contributed by atoms with Crippen LogP contribution in [0.2, 0.25) is 5.02 Å². The van der Waals surface area contributed by atoms with Crippen LogP contribution < -0.4 is 14.2 Å². The van der Waals surface area contributed by atoms with Crippen molar-refractivity contribution >= 4 is 17.3 Å². The van der Waals surface area contributed by atoms with Gasteiger partial charge in [0.15, 0.2) is 11.5 Å². The van der Waals surface area contributed by atoms with Crippen LogP contribution in [0.25, 0.3) is 0 Å². The third-order valence-corrected chi connectivity index (χ3v) is 3.63. The fourth-order valence-electron chi connectivity index (χ4n) is 2.15. The predicted octanol–water partition coefficient (Wildman–Crippen LogP) is 4.44. The van der Waals surface area contributed by atoms with Crippen LogP contribution in [0.4, 0.5) is 5.69 Å². The lowest BCUT2D eigenvalue weighted by Gasteiger charge is -2.13. The molecule has 0 aromatic heterocycles. The first kappa shape index (κ1) is 18.6. The van der Waals surface area contributed by atoms with Gasteiger partial charge in [0, 0.05) is 12.1 Å². The van der Waals surface area contributed by atoms with E-state index in [0.717, 1.165) is 12.0 Å². The van der Waals surface area contributed by atoms with Crippen LogP contribution in [0.1, 0.15) is 5.56 Å². The van der Waals surface area contributed by atoms with Gasteiger partial charge < -0.3 is 14.2 Å². The summed E-state index contributed by atoms with van der Waals surface area (Å²) in [4.78, 5) is 10.2. The smallest absolute Gasteiger partial charge is 0.271 e. The van der Waals surface area contributed by atoms with Gasteiger partial charge in [-0.25, -0.2) is 0 Å². The molecule has 0 fully saturated rings. The van der Waals surface area contributed by atoms with Crippen molar-refractivity contribution in [3.05, 3.63) is 69.8 Å². The minimum atomic E-state index is -0.513. The van der Waals surface area contributed by atoms with Gasteiger partial charge in [-0.05, 0) is 30.2 Å². The van der Waals surface area contributed by atoms with Crippen molar-refractivity contribution in [3.63, 3.8) is 0 Å². The van der Waals surface area contributed by atoms with E-state index in [1.54, 1.807) is 7.11 Å². The van der Waals surface area contributed by atoms with Gasteiger partial charge in [0.25, 0.3) is 5.69 Å². The number of methoxy groups -OCH3 is 1. The Kier molecular flexibility index (Phi) is 6.65. The van der Waals surface area contributed by atoms with Gasteiger partial charge >= 0.3 is 0 Å². The Morgan fingerprint density at radius 2 is 1.80 bits per heavy atom. The number of non-ortho nitro benzene ring substituents is 1. The van der Waals surface area contributed by atoms with Crippen molar-refractivity contribution in [2.75, 3.05) is 20.3 Å². The number of nitro benzene ring substituents is 1. The van der Waals surface area contributed by atoms with E-state index < -0.39 is 4.92 Å². The summed E-state index contributed by atoms with van der Waals surface area (Å²) in [6, 6.07) is 9.71. The molecule has 2 rings (SSSR count). The third kappa shape index (κ3) is 5.12. The van der Waals surface area contributed by atoms with Crippen LogP contribution in [0.15, 0.2) is 49.1 Å². The molecule has 0 amide bonds. The summed E-state index contributed by atoms with van der Waals surface area (Å²) >= 11 is 5.97. The Morgan fingerprint density at radius 3 is 2.40 bits per heavy atom. The molecule has 2 aromatic carbocycles. The second-order valence-corrected chi connectivity index (χ2v) is 5.45. The number of hydrogen-bond acceptors (Lipinski definition) is 5. The van der Waals surface area contributed by atoms with Crippen LogP contribution in [0.5, 0.6) is 17.2 Å². The Bertz CT molecular complexity index is 763. The number of nitro groups is 1. The number of nitrogens with zero attached hydrogens (tertiary/aromatic N) is 1. The quantitative estimate of drug-likeness (QED) is 0.285. The molecule has 0 atom stereocenters. The molecule has 0 radical (unpaired) electrons. The number of allylic oxidation sites excluding steroid dienone is 1. The summed E-state index contributed by atoms with van der Waals surface area (Å²) in [6.07, 6.45) is 2.56. The van der Waals surface area contributed by atoms with Crippen molar-refractivity contribution in [3.8, 4) is 17.2 Å². The number of hydrogen-bond donors (Lipinski definition) is 0. The van der Waals surface area contributed by atoms with E-state index >= 15 is 0 Å². The predicted molar refractivity (Wildman–Crippen MR) is 96.0 cm³/mol. The summed E-state index contributed by atoms with van der Waals surface area (Å²) in [5.74, 6) is 1.60. The van der Waals surface area contributed by atoms with E-state index in [9.17, 15) is 10.1 Å². The Hall–Kier alpha value is -2.73. The zero-order valence-electron chi connectivity index (χ0n) is 13.7. The average Bonchev–Trinajstić information content (AvgIpc) is 2.60. The molecule has 2 aromatic rings. The summed E-state index contributed by atoms with van der Waals surface area (Å²) in [5.41, 5.74) is 0.992.